The van der Waals surface area contributed by atoms with Crippen LogP contribution in [0.25, 0.3) is 0 Å². The molecule has 0 aromatic heterocycles. The minimum atomic E-state index is -2.97. The molecule has 2 N–H and O–H groups in total. The molecular weight excluding hydrogens is 252 g/mol. The first kappa shape index (κ1) is 13.8. The Kier molecular flexibility index (Phi) is 3.69. The summed E-state index contributed by atoms with van der Waals surface area (Å²) in [5.74, 6) is 0.294. The maximum atomic E-state index is 12.2. The van der Waals surface area contributed by atoms with E-state index in [4.69, 9.17) is 0 Å². The van der Waals surface area contributed by atoms with Gasteiger partial charge in [0.15, 0.2) is 9.84 Å². The summed E-state index contributed by atoms with van der Waals surface area (Å²) in [6.07, 6.45) is 2.19. The molecule has 0 saturated carbocycles. The molecule has 2 heterocycles. The van der Waals surface area contributed by atoms with Gasteiger partial charge in [-0.15, -0.1) is 0 Å². The molecule has 0 aliphatic carbocycles. The Bertz CT molecular complexity index is 435. The number of hydrogen-bond donors (Lipinski definition) is 2. The van der Waals surface area contributed by atoms with Crippen molar-refractivity contribution in [2.45, 2.75) is 44.7 Å². The van der Waals surface area contributed by atoms with Gasteiger partial charge in [0.05, 0.1) is 17.0 Å². The van der Waals surface area contributed by atoms with Crippen LogP contribution in [0.2, 0.25) is 0 Å². The van der Waals surface area contributed by atoms with Crippen LogP contribution in [0.15, 0.2) is 0 Å². The average molecular weight is 274 g/mol. The summed E-state index contributed by atoms with van der Waals surface area (Å²) in [5, 5.41) is 6.26. The summed E-state index contributed by atoms with van der Waals surface area (Å²) in [5.41, 5.74) is -0.565. The van der Waals surface area contributed by atoms with Gasteiger partial charge in [-0.1, -0.05) is 0 Å². The van der Waals surface area contributed by atoms with Crippen molar-refractivity contribution in [3.63, 3.8) is 0 Å². The van der Waals surface area contributed by atoms with Crippen molar-refractivity contribution in [3.8, 4) is 0 Å². The predicted molar refractivity (Wildman–Crippen MR) is 70.0 cm³/mol. The molecule has 2 aliphatic heterocycles. The summed E-state index contributed by atoms with van der Waals surface area (Å²) in [6, 6.07) is 0.356. The van der Waals surface area contributed by atoms with Crippen molar-refractivity contribution >= 4 is 15.7 Å². The maximum absolute atomic E-state index is 12.2. The number of hydrogen-bond acceptors (Lipinski definition) is 4. The van der Waals surface area contributed by atoms with Crippen LogP contribution >= 0.6 is 0 Å². The summed E-state index contributed by atoms with van der Waals surface area (Å²) in [4.78, 5) is 12.2. The molecule has 2 aliphatic rings. The Morgan fingerprint density at radius 3 is 2.72 bits per heavy atom. The zero-order chi connectivity index (χ0) is 13.4. The molecule has 18 heavy (non-hydrogen) atoms. The van der Waals surface area contributed by atoms with E-state index in [9.17, 15) is 13.2 Å². The van der Waals surface area contributed by atoms with Crippen molar-refractivity contribution in [1.29, 1.82) is 0 Å². The van der Waals surface area contributed by atoms with Gasteiger partial charge in [0.25, 0.3) is 0 Å². The van der Waals surface area contributed by atoms with Gasteiger partial charge in [0.1, 0.15) is 0 Å². The zero-order valence-corrected chi connectivity index (χ0v) is 11.8. The van der Waals surface area contributed by atoms with E-state index < -0.39 is 15.4 Å². The molecule has 104 valence electrons. The first-order valence-corrected chi connectivity index (χ1v) is 8.38. The van der Waals surface area contributed by atoms with E-state index in [1.807, 2.05) is 6.92 Å². The first-order chi connectivity index (χ1) is 8.30. The number of carbonyl (C=O) groups is 1. The van der Waals surface area contributed by atoms with E-state index in [2.05, 4.69) is 17.6 Å². The fraction of sp³-hybridized carbons (Fsp3) is 0.917. The lowest BCUT2D eigenvalue weighted by atomic mass is 9.91. The number of sulfone groups is 1. The number of piperidine rings is 1. The van der Waals surface area contributed by atoms with Crippen LogP contribution in [0.5, 0.6) is 0 Å². The molecule has 0 aromatic rings. The molecule has 2 saturated heterocycles. The van der Waals surface area contributed by atoms with Crippen LogP contribution in [-0.2, 0) is 14.6 Å². The number of carbonyl (C=O) groups excluding carboxylic acids is 1. The number of nitrogens with one attached hydrogen (secondary N) is 2. The predicted octanol–water partition coefficient (Wildman–Crippen LogP) is 0.0679. The van der Waals surface area contributed by atoms with Crippen molar-refractivity contribution < 1.29 is 13.2 Å². The number of amides is 1. The SMILES string of the molecule is CC1CC(C(=O)NC2(C)CCS(=O)(=O)C2)CCN1. The minimum Gasteiger partial charge on any atom is -0.350 e. The minimum absolute atomic E-state index is 0.0152. The highest BCUT2D eigenvalue weighted by atomic mass is 32.2. The van der Waals surface area contributed by atoms with Gasteiger partial charge in [0.2, 0.25) is 5.91 Å². The largest absolute Gasteiger partial charge is 0.350 e. The fourth-order valence-corrected chi connectivity index (χ4v) is 4.97. The van der Waals surface area contributed by atoms with E-state index in [0.717, 1.165) is 19.4 Å². The highest BCUT2D eigenvalue weighted by Crippen LogP contribution is 2.24. The van der Waals surface area contributed by atoms with E-state index in [-0.39, 0.29) is 23.3 Å². The van der Waals surface area contributed by atoms with Gasteiger partial charge < -0.3 is 10.6 Å². The highest BCUT2D eigenvalue weighted by molar-refractivity contribution is 7.91. The van der Waals surface area contributed by atoms with Crippen LogP contribution in [0, 0.1) is 5.92 Å². The second kappa shape index (κ2) is 4.81. The quantitative estimate of drug-likeness (QED) is 0.747. The molecule has 0 bridgehead atoms. The van der Waals surface area contributed by atoms with E-state index >= 15 is 0 Å². The second-order valence-corrected chi connectivity index (χ2v) is 8.15. The normalized spacial score (nSPS) is 39.4. The molecule has 0 aromatic carbocycles. The monoisotopic (exact) mass is 274 g/mol. The molecule has 3 unspecified atom stereocenters. The van der Waals surface area contributed by atoms with Crippen LogP contribution < -0.4 is 10.6 Å². The number of rotatable bonds is 2. The lowest BCUT2D eigenvalue weighted by Crippen LogP contribution is -2.51. The van der Waals surface area contributed by atoms with Gasteiger partial charge >= 0.3 is 0 Å². The fourth-order valence-electron chi connectivity index (χ4n) is 2.88. The van der Waals surface area contributed by atoms with Gasteiger partial charge in [-0.05, 0) is 39.7 Å². The molecular formula is C12H22N2O3S. The summed E-state index contributed by atoms with van der Waals surface area (Å²) < 4.78 is 23.0. The smallest absolute Gasteiger partial charge is 0.223 e. The summed E-state index contributed by atoms with van der Waals surface area (Å²) >= 11 is 0. The second-order valence-electron chi connectivity index (χ2n) is 5.97. The Labute approximate surface area is 109 Å². The summed E-state index contributed by atoms with van der Waals surface area (Å²) in [7, 11) is -2.97. The van der Waals surface area contributed by atoms with Crippen LogP contribution in [0.3, 0.4) is 0 Å². The Hall–Kier alpha value is -0.620. The molecule has 0 spiro atoms. The highest BCUT2D eigenvalue weighted by Gasteiger charge is 2.40. The van der Waals surface area contributed by atoms with E-state index in [0.29, 0.717) is 12.5 Å². The molecule has 3 atom stereocenters. The third-order valence-electron chi connectivity index (χ3n) is 3.92. The van der Waals surface area contributed by atoms with Gasteiger partial charge in [-0.2, -0.15) is 0 Å². The maximum Gasteiger partial charge on any atom is 0.223 e. The first-order valence-electron chi connectivity index (χ1n) is 6.55. The topological polar surface area (TPSA) is 75.3 Å². The molecule has 2 rings (SSSR count). The standard InChI is InChI=1S/C12H22N2O3S/c1-9-7-10(3-5-13-9)11(15)14-12(2)4-6-18(16,17)8-12/h9-10,13H,3-8H2,1-2H3,(H,14,15). The van der Waals surface area contributed by atoms with Crippen molar-refractivity contribution in [2.24, 2.45) is 5.92 Å². The Balaban J connectivity index is 1.95. The zero-order valence-electron chi connectivity index (χ0n) is 11.0. The van der Waals surface area contributed by atoms with E-state index in [1.165, 1.54) is 0 Å². The molecule has 0 radical (unpaired) electrons. The molecule has 6 heteroatoms. The third kappa shape index (κ3) is 3.23. The third-order valence-corrected chi connectivity index (χ3v) is 5.83. The van der Waals surface area contributed by atoms with Crippen LogP contribution in [-0.4, -0.2) is 44.0 Å². The average Bonchev–Trinajstić information content (AvgIpc) is 2.52. The van der Waals surface area contributed by atoms with Crippen LogP contribution in [0.1, 0.15) is 33.1 Å². The molecule has 5 nitrogen and oxygen atoms in total. The van der Waals surface area contributed by atoms with Crippen LogP contribution in [0.4, 0.5) is 0 Å². The Morgan fingerprint density at radius 1 is 1.44 bits per heavy atom. The van der Waals surface area contributed by atoms with Crippen molar-refractivity contribution in [3.05, 3.63) is 0 Å². The summed E-state index contributed by atoms with van der Waals surface area (Å²) in [6.45, 7) is 4.76. The van der Waals surface area contributed by atoms with Crippen molar-refractivity contribution in [1.82, 2.24) is 10.6 Å². The van der Waals surface area contributed by atoms with Gasteiger partial charge in [-0.25, -0.2) is 8.42 Å². The Morgan fingerprint density at radius 2 is 2.17 bits per heavy atom. The van der Waals surface area contributed by atoms with E-state index in [1.54, 1.807) is 0 Å². The lowest BCUT2D eigenvalue weighted by Gasteiger charge is -2.31. The van der Waals surface area contributed by atoms with Crippen molar-refractivity contribution in [2.75, 3.05) is 18.1 Å². The molecule has 1 amide bonds. The molecule has 2 fully saturated rings. The van der Waals surface area contributed by atoms with Gasteiger partial charge in [0, 0.05) is 12.0 Å². The van der Waals surface area contributed by atoms with Gasteiger partial charge in [-0.3, -0.25) is 4.79 Å². The lowest BCUT2D eigenvalue weighted by molar-refractivity contribution is -0.127.